The van der Waals surface area contributed by atoms with Crippen LogP contribution in [0.25, 0.3) is 0 Å². The first-order chi connectivity index (χ1) is 26.6. The van der Waals surface area contributed by atoms with E-state index in [1.54, 1.807) is 48.5 Å². The molecule has 0 saturated heterocycles. The summed E-state index contributed by atoms with van der Waals surface area (Å²) < 4.78 is 0. The Labute approximate surface area is 322 Å². The highest BCUT2D eigenvalue weighted by atomic mass is 16.2. The van der Waals surface area contributed by atoms with Gasteiger partial charge in [-0.2, -0.15) is 0 Å². The second-order valence-corrected chi connectivity index (χ2v) is 13.1. The number of carbonyl (C=O) groups is 4. The zero-order valence-corrected chi connectivity index (χ0v) is 31.7. The third-order valence-electron chi connectivity index (χ3n) is 9.56. The van der Waals surface area contributed by atoms with Crippen molar-refractivity contribution in [2.24, 2.45) is 0 Å². The van der Waals surface area contributed by atoms with Crippen LogP contribution in [0.1, 0.15) is 70.8 Å². The Hall–Kier alpha value is -6.68. The molecule has 0 saturated carbocycles. The number of fused-ring (bicyclic) bond motifs is 6. The summed E-state index contributed by atoms with van der Waals surface area (Å²) in [4.78, 5) is 53.1. The van der Waals surface area contributed by atoms with Crippen LogP contribution in [0, 0.1) is 19.4 Å². The third-order valence-corrected chi connectivity index (χ3v) is 9.56. The first kappa shape index (κ1) is 39.5. The number of amides is 8. The maximum atomic E-state index is 13.4. The molecule has 13 nitrogen and oxygen atoms in total. The maximum absolute atomic E-state index is 13.4. The Morgan fingerprint density at radius 2 is 0.982 bits per heavy atom. The van der Waals surface area contributed by atoms with E-state index in [2.05, 4.69) is 60.8 Å². The molecule has 4 bridgehead atoms. The molecule has 286 valence electrons. The van der Waals surface area contributed by atoms with Crippen LogP contribution in [-0.2, 0) is 52.0 Å². The molecule has 1 aliphatic heterocycles. The van der Waals surface area contributed by atoms with E-state index < -0.39 is 24.1 Å². The molecule has 1 aliphatic rings. The molecule has 8 amide bonds. The molecule has 0 spiro atoms. The van der Waals surface area contributed by atoms with E-state index in [4.69, 9.17) is 6.42 Å². The lowest BCUT2D eigenvalue weighted by atomic mass is 9.84. The van der Waals surface area contributed by atoms with Crippen LogP contribution in [0.5, 0.6) is 0 Å². The molecule has 0 unspecified atom stereocenters. The summed E-state index contributed by atoms with van der Waals surface area (Å²) in [5, 5.41) is 26.3. The SMILES string of the molecule is C#CNCc1c(C)c2c(CC)c(c1CC)CNC(=O)Nc1ccccc1NC(=O)NCc1cc(CC)cc(c1)CNC(=O)Nc1ccccc1NC(=O)NC2. The Balaban J connectivity index is 1.50. The van der Waals surface area contributed by atoms with Gasteiger partial charge in [0.15, 0.2) is 0 Å². The van der Waals surface area contributed by atoms with Gasteiger partial charge in [-0.3, -0.25) is 0 Å². The van der Waals surface area contributed by atoms with E-state index >= 15 is 0 Å². The number of rotatable bonds is 5. The summed E-state index contributed by atoms with van der Waals surface area (Å²) in [6.45, 7) is 9.41. The summed E-state index contributed by atoms with van der Waals surface area (Å²) in [7, 11) is 0. The molecule has 0 aliphatic carbocycles. The van der Waals surface area contributed by atoms with Crippen LogP contribution >= 0.6 is 0 Å². The second kappa shape index (κ2) is 18.9. The van der Waals surface area contributed by atoms with Crippen LogP contribution in [0.3, 0.4) is 0 Å². The van der Waals surface area contributed by atoms with E-state index in [0.717, 1.165) is 56.5 Å². The van der Waals surface area contributed by atoms with Crippen LogP contribution in [0.2, 0.25) is 0 Å². The number of aryl methyl sites for hydroxylation is 1. The number of benzene rings is 4. The average molecular weight is 744 g/mol. The van der Waals surface area contributed by atoms with E-state index in [1.807, 2.05) is 39.0 Å². The highest BCUT2D eigenvalue weighted by Crippen LogP contribution is 2.30. The summed E-state index contributed by atoms with van der Waals surface area (Å²) in [5.41, 5.74) is 10.4. The topological polar surface area (TPSA) is 177 Å². The molecule has 0 radical (unpaired) electrons. The molecule has 0 fully saturated rings. The summed E-state index contributed by atoms with van der Waals surface area (Å²) in [5.74, 6) is 0. The van der Waals surface area contributed by atoms with Crippen molar-refractivity contribution in [3.63, 3.8) is 0 Å². The van der Waals surface area contributed by atoms with Crippen molar-refractivity contribution in [1.82, 2.24) is 26.6 Å². The Morgan fingerprint density at radius 3 is 1.38 bits per heavy atom. The first-order valence-electron chi connectivity index (χ1n) is 18.5. The highest BCUT2D eigenvalue weighted by molar-refractivity contribution is 5.99. The molecule has 13 heteroatoms. The number of hydrogen-bond donors (Lipinski definition) is 9. The fraction of sp³-hybridized carbons (Fsp3) is 0.286. The maximum Gasteiger partial charge on any atom is 0.319 e. The Bertz CT molecular complexity index is 2110. The highest BCUT2D eigenvalue weighted by Gasteiger charge is 2.22. The van der Waals surface area contributed by atoms with Crippen molar-refractivity contribution in [3.05, 3.63) is 117 Å². The molecular formula is C42H49N9O4. The van der Waals surface area contributed by atoms with Gasteiger partial charge in [0, 0.05) is 38.8 Å². The van der Waals surface area contributed by atoms with Crippen molar-refractivity contribution in [2.75, 3.05) is 21.3 Å². The van der Waals surface area contributed by atoms with Crippen LogP contribution in [0.4, 0.5) is 41.9 Å². The molecule has 9 N–H and O–H groups in total. The zero-order valence-electron chi connectivity index (χ0n) is 31.7. The minimum atomic E-state index is -0.456. The largest absolute Gasteiger partial charge is 0.342 e. The quantitative estimate of drug-likeness (QED) is 0.0792. The predicted octanol–water partition coefficient (Wildman–Crippen LogP) is 6.96. The fourth-order valence-corrected chi connectivity index (χ4v) is 6.88. The van der Waals surface area contributed by atoms with Crippen molar-refractivity contribution in [2.45, 2.75) is 79.7 Å². The van der Waals surface area contributed by atoms with Crippen LogP contribution < -0.4 is 47.9 Å². The van der Waals surface area contributed by atoms with Gasteiger partial charge >= 0.3 is 24.1 Å². The zero-order chi connectivity index (χ0) is 39.3. The second-order valence-electron chi connectivity index (χ2n) is 13.1. The normalized spacial score (nSPS) is 14.0. The van der Waals surface area contributed by atoms with Gasteiger partial charge in [0.05, 0.1) is 22.7 Å². The van der Waals surface area contributed by atoms with Crippen molar-refractivity contribution in [3.8, 4) is 12.5 Å². The number of terminal acetylenes is 1. The van der Waals surface area contributed by atoms with E-state index in [-0.39, 0.29) is 26.2 Å². The van der Waals surface area contributed by atoms with Crippen LogP contribution in [0.15, 0.2) is 66.7 Å². The lowest BCUT2D eigenvalue weighted by Crippen LogP contribution is -2.33. The van der Waals surface area contributed by atoms with Crippen LogP contribution in [-0.4, -0.2) is 24.1 Å². The van der Waals surface area contributed by atoms with Gasteiger partial charge in [-0.1, -0.05) is 69.7 Å². The minimum absolute atomic E-state index is 0.198. The average Bonchev–Trinajstić information content (AvgIpc) is 3.18. The van der Waals surface area contributed by atoms with E-state index in [0.29, 0.717) is 42.1 Å². The molecule has 4 aromatic rings. The number of carbonyl (C=O) groups excluding carboxylic acids is 4. The lowest BCUT2D eigenvalue weighted by molar-refractivity contribution is 0.250. The van der Waals surface area contributed by atoms with E-state index in [9.17, 15) is 19.2 Å². The summed E-state index contributed by atoms with van der Waals surface area (Å²) >= 11 is 0. The number of para-hydroxylation sites is 4. The van der Waals surface area contributed by atoms with Crippen molar-refractivity contribution in [1.29, 1.82) is 0 Å². The fourth-order valence-electron chi connectivity index (χ4n) is 6.88. The number of nitrogens with one attached hydrogen (secondary N) is 9. The van der Waals surface area contributed by atoms with Gasteiger partial charge in [-0.15, -0.1) is 0 Å². The smallest absolute Gasteiger partial charge is 0.319 e. The van der Waals surface area contributed by atoms with Gasteiger partial charge in [-0.05, 0) is 101 Å². The molecular weight excluding hydrogens is 695 g/mol. The van der Waals surface area contributed by atoms with Gasteiger partial charge < -0.3 is 47.9 Å². The number of hydrogen-bond acceptors (Lipinski definition) is 5. The van der Waals surface area contributed by atoms with Crippen molar-refractivity contribution < 1.29 is 19.2 Å². The third kappa shape index (κ3) is 10.3. The first-order valence-corrected chi connectivity index (χ1v) is 18.5. The monoisotopic (exact) mass is 743 g/mol. The minimum Gasteiger partial charge on any atom is -0.342 e. The Morgan fingerprint density at radius 1 is 0.564 bits per heavy atom. The van der Waals surface area contributed by atoms with E-state index in [1.165, 1.54) is 0 Å². The number of anilines is 4. The summed E-state index contributed by atoms with van der Waals surface area (Å²) in [6, 6.07) is 20.5. The molecule has 0 aromatic heterocycles. The van der Waals surface area contributed by atoms with Gasteiger partial charge in [0.2, 0.25) is 0 Å². The summed E-state index contributed by atoms with van der Waals surface area (Å²) in [6.07, 6.45) is 7.68. The van der Waals surface area contributed by atoms with Gasteiger partial charge in [-0.25, -0.2) is 19.2 Å². The predicted molar refractivity (Wildman–Crippen MR) is 218 cm³/mol. The molecule has 55 heavy (non-hydrogen) atoms. The molecule has 5 rings (SSSR count). The molecule has 1 heterocycles. The Kier molecular flexibility index (Phi) is 13.6. The van der Waals surface area contributed by atoms with Gasteiger partial charge in [0.25, 0.3) is 0 Å². The van der Waals surface area contributed by atoms with Gasteiger partial charge in [0.1, 0.15) is 0 Å². The lowest BCUT2D eigenvalue weighted by Gasteiger charge is -2.25. The number of urea groups is 4. The van der Waals surface area contributed by atoms with Crippen molar-refractivity contribution >= 4 is 46.9 Å². The molecule has 0 atom stereocenters. The standard InChI is InChI=1S/C42H49N9O4/c1-6-27-18-28-20-29(19-27)22-45-40(53)49-36-15-11-13-17-38(36)51-42(55)47-25-34-30(7-2)32(23-43-9-4)26(5)33(31(34)8-3)24-46-41(54)50-37-16-12-10-14-35(37)48-39(52)44-21-28/h4,10-20,43H,6-8,21-25H2,1-3,5H3,(H2,44,48,52)(H2,45,49,53)(H2,46,50,54)(H2,47,51,55). The molecule has 4 aromatic carbocycles.